The molecule has 18 heavy (non-hydrogen) atoms. The van der Waals surface area contributed by atoms with Crippen molar-refractivity contribution in [3.05, 3.63) is 35.9 Å². The first-order valence-corrected chi connectivity index (χ1v) is 6.51. The highest BCUT2D eigenvalue weighted by Crippen LogP contribution is 2.15. The van der Waals surface area contributed by atoms with E-state index in [1.54, 1.807) is 10.9 Å². The monoisotopic (exact) mass is 257 g/mol. The van der Waals surface area contributed by atoms with E-state index in [4.69, 9.17) is 5.26 Å². The highest BCUT2D eigenvalue weighted by molar-refractivity contribution is 7.98. The molecule has 0 bridgehead atoms. The van der Waals surface area contributed by atoms with E-state index in [9.17, 15) is 0 Å². The molecule has 0 saturated heterocycles. The van der Waals surface area contributed by atoms with Crippen molar-refractivity contribution in [3.8, 4) is 6.07 Å². The Morgan fingerprint density at radius 3 is 2.89 bits per heavy atom. The van der Waals surface area contributed by atoms with E-state index < -0.39 is 0 Å². The summed E-state index contributed by atoms with van der Waals surface area (Å²) in [4.78, 5) is 8.43. The van der Waals surface area contributed by atoms with E-state index in [1.165, 1.54) is 11.8 Å². The molecule has 0 unspecified atom stereocenters. The average Bonchev–Trinajstić information content (AvgIpc) is 2.80. The molecule has 1 aromatic carbocycles. The molecule has 0 aliphatic carbocycles. The third-order valence-corrected chi connectivity index (χ3v) is 2.83. The molecule has 0 atom stereocenters. The Kier molecular flexibility index (Phi) is 4.10. The van der Waals surface area contributed by atoms with E-state index in [0.717, 1.165) is 5.56 Å². The number of aromatic nitrogens is 3. The molecule has 0 aliphatic heterocycles. The summed E-state index contributed by atoms with van der Waals surface area (Å²) in [7, 11) is 0. The van der Waals surface area contributed by atoms with Crippen LogP contribution in [0.4, 0.5) is 5.95 Å². The van der Waals surface area contributed by atoms with Crippen molar-refractivity contribution in [2.45, 2.75) is 11.7 Å². The van der Waals surface area contributed by atoms with E-state index in [2.05, 4.69) is 15.1 Å². The Labute approximate surface area is 109 Å². The van der Waals surface area contributed by atoms with E-state index in [0.29, 0.717) is 11.1 Å². The summed E-state index contributed by atoms with van der Waals surface area (Å²) in [5.74, 6) is 0.374. The maximum Gasteiger partial charge on any atom is 0.269 e. The molecule has 0 N–H and O–H groups in total. The zero-order chi connectivity index (χ0) is 12.8. The van der Waals surface area contributed by atoms with Crippen LogP contribution in [0.25, 0.3) is 0 Å². The smallest absolute Gasteiger partial charge is 0.224 e. The SMILES string of the molecule is CSc1nc(/N=C/c2ccccc2)nn1CC#N. The highest BCUT2D eigenvalue weighted by atomic mass is 32.2. The predicted octanol–water partition coefficient (Wildman–Crippen LogP) is 2.27. The fraction of sp³-hybridized carbons (Fsp3) is 0.167. The van der Waals surface area contributed by atoms with Gasteiger partial charge >= 0.3 is 0 Å². The summed E-state index contributed by atoms with van der Waals surface area (Å²) in [5.41, 5.74) is 0.986. The standard InChI is InChI=1S/C12H11N5S/c1-18-12-15-11(16-17(12)8-7-13)14-9-10-5-3-2-4-6-10/h2-6,9H,8H2,1H3/b14-9+. The molecule has 1 heterocycles. The van der Waals surface area contributed by atoms with Crippen LogP contribution in [0.3, 0.4) is 0 Å². The average molecular weight is 257 g/mol. The van der Waals surface area contributed by atoms with Crippen LogP contribution in [-0.2, 0) is 6.54 Å². The van der Waals surface area contributed by atoms with Crippen LogP contribution in [0.5, 0.6) is 0 Å². The zero-order valence-electron chi connectivity index (χ0n) is 9.82. The normalized spacial score (nSPS) is 10.7. The minimum atomic E-state index is 0.185. The molecule has 0 saturated carbocycles. The lowest BCUT2D eigenvalue weighted by atomic mass is 10.2. The van der Waals surface area contributed by atoms with Crippen molar-refractivity contribution >= 4 is 23.9 Å². The second kappa shape index (κ2) is 5.98. The van der Waals surface area contributed by atoms with Gasteiger partial charge in [0.05, 0.1) is 6.07 Å². The van der Waals surface area contributed by atoms with Crippen LogP contribution in [0.2, 0.25) is 0 Å². The lowest BCUT2D eigenvalue weighted by Crippen LogP contribution is -1.99. The van der Waals surface area contributed by atoms with Gasteiger partial charge in [-0.2, -0.15) is 10.2 Å². The largest absolute Gasteiger partial charge is 0.269 e. The van der Waals surface area contributed by atoms with Crippen LogP contribution >= 0.6 is 11.8 Å². The Hall–Kier alpha value is -2.13. The first-order valence-electron chi connectivity index (χ1n) is 5.28. The Bertz CT molecular complexity index is 582. The molecular weight excluding hydrogens is 246 g/mol. The van der Waals surface area contributed by atoms with Crippen LogP contribution < -0.4 is 0 Å². The molecule has 0 aliphatic rings. The van der Waals surface area contributed by atoms with Gasteiger partial charge in [0.25, 0.3) is 5.95 Å². The summed E-state index contributed by atoms with van der Waals surface area (Å²) < 4.78 is 1.54. The Morgan fingerprint density at radius 1 is 1.44 bits per heavy atom. The quantitative estimate of drug-likeness (QED) is 0.622. The second-order valence-electron chi connectivity index (χ2n) is 3.38. The topological polar surface area (TPSA) is 66.9 Å². The molecule has 0 radical (unpaired) electrons. The van der Waals surface area contributed by atoms with Gasteiger partial charge in [-0.1, -0.05) is 42.1 Å². The van der Waals surface area contributed by atoms with E-state index in [-0.39, 0.29) is 6.54 Å². The van der Waals surface area contributed by atoms with Crippen molar-refractivity contribution < 1.29 is 0 Å². The number of hydrogen-bond donors (Lipinski definition) is 0. The fourth-order valence-electron chi connectivity index (χ4n) is 1.36. The zero-order valence-corrected chi connectivity index (χ0v) is 10.6. The minimum Gasteiger partial charge on any atom is -0.224 e. The summed E-state index contributed by atoms with van der Waals surface area (Å²) in [6.45, 7) is 0.185. The summed E-state index contributed by atoms with van der Waals surface area (Å²) in [5, 5.41) is 13.5. The Balaban J connectivity index is 2.20. The third-order valence-electron chi connectivity index (χ3n) is 2.16. The number of thioether (sulfide) groups is 1. The number of rotatable bonds is 4. The van der Waals surface area contributed by atoms with Crippen LogP contribution in [0, 0.1) is 11.3 Å². The Morgan fingerprint density at radius 2 is 2.22 bits per heavy atom. The van der Waals surface area contributed by atoms with E-state index >= 15 is 0 Å². The number of hydrogen-bond acceptors (Lipinski definition) is 5. The van der Waals surface area contributed by atoms with Crippen molar-refractivity contribution in [1.82, 2.24) is 14.8 Å². The van der Waals surface area contributed by atoms with Crippen molar-refractivity contribution in [2.24, 2.45) is 4.99 Å². The first kappa shape index (κ1) is 12.3. The van der Waals surface area contributed by atoms with Crippen molar-refractivity contribution in [1.29, 1.82) is 5.26 Å². The van der Waals surface area contributed by atoms with Crippen LogP contribution in [0.15, 0.2) is 40.5 Å². The van der Waals surface area contributed by atoms with Gasteiger partial charge < -0.3 is 0 Å². The number of nitriles is 1. The van der Waals surface area contributed by atoms with Gasteiger partial charge in [0.1, 0.15) is 6.54 Å². The van der Waals surface area contributed by atoms with Gasteiger partial charge in [-0.3, -0.25) is 0 Å². The van der Waals surface area contributed by atoms with Gasteiger partial charge in [-0.05, 0) is 11.8 Å². The van der Waals surface area contributed by atoms with Crippen LogP contribution in [-0.4, -0.2) is 27.2 Å². The predicted molar refractivity (Wildman–Crippen MR) is 71.1 cm³/mol. The molecule has 0 amide bonds. The van der Waals surface area contributed by atoms with Gasteiger partial charge in [-0.25, -0.2) is 9.67 Å². The molecular formula is C12H11N5S. The molecule has 5 nitrogen and oxygen atoms in total. The number of benzene rings is 1. The lowest BCUT2D eigenvalue weighted by molar-refractivity contribution is 0.638. The van der Waals surface area contributed by atoms with Crippen LogP contribution in [0.1, 0.15) is 5.56 Å². The first-order chi connectivity index (χ1) is 8.83. The van der Waals surface area contributed by atoms with Gasteiger partial charge in [0.2, 0.25) is 0 Å². The maximum atomic E-state index is 8.67. The van der Waals surface area contributed by atoms with Crippen molar-refractivity contribution in [2.75, 3.05) is 6.26 Å². The lowest BCUT2D eigenvalue weighted by Gasteiger charge is -1.93. The minimum absolute atomic E-state index is 0.185. The van der Waals surface area contributed by atoms with Gasteiger partial charge in [0, 0.05) is 6.21 Å². The maximum absolute atomic E-state index is 8.67. The molecule has 90 valence electrons. The second-order valence-corrected chi connectivity index (χ2v) is 4.16. The molecule has 2 rings (SSSR count). The summed E-state index contributed by atoms with van der Waals surface area (Å²) in [6.07, 6.45) is 3.60. The molecule has 6 heteroatoms. The summed E-state index contributed by atoms with van der Waals surface area (Å²) in [6, 6.07) is 11.8. The number of nitrogens with zero attached hydrogens (tertiary/aromatic N) is 5. The molecule has 2 aromatic rings. The van der Waals surface area contributed by atoms with Gasteiger partial charge in [0.15, 0.2) is 5.16 Å². The molecule has 0 spiro atoms. The highest BCUT2D eigenvalue weighted by Gasteiger charge is 2.06. The van der Waals surface area contributed by atoms with Gasteiger partial charge in [-0.15, -0.1) is 5.10 Å². The van der Waals surface area contributed by atoms with Crippen molar-refractivity contribution in [3.63, 3.8) is 0 Å². The summed E-state index contributed by atoms with van der Waals surface area (Å²) >= 11 is 1.44. The number of aliphatic imine (C=N–C) groups is 1. The third kappa shape index (κ3) is 2.96. The molecule has 1 aromatic heterocycles. The fourth-order valence-corrected chi connectivity index (χ4v) is 1.85. The molecule has 0 fully saturated rings. The van der Waals surface area contributed by atoms with E-state index in [1.807, 2.05) is 42.7 Å².